The van der Waals surface area contributed by atoms with Gasteiger partial charge in [-0.05, 0) is 49.2 Å². The quantitative estimate of drug-likeness (QED) is 0.648. The Morgan fingerprint density at radius 2 is 2.04 bits per heavy atom. The summed E-state index contributed by atoms with van der Waals surface area (Å²) in [6.07, 6.45) is 1.15. The largest absolute Gasteiger partial charge is 0.351 e. The number of hydrogen-bond acceptors (Lipinski definition) is 5. The minimum atomic E-state index is -3.69. The summed E-state index contributed by atoms with van der Waals surface area (Å²) in [6, 6.07) is 11.1. The van der Waals surface area contributed by atoms with Crippen molar-refractivity contribution in [3.05, 3.63) is 59.4 Å². The predicted octanol–water partition coefficient (Wildman–Crippen LogP) is 3.37. The fraction of sp³-hybridized carbons (Fsp3) is 0.222. The fourth-order valence-corrected chi connectivity index (χ4v) is 3.76. The Balaban J connectivity index is 2.10. The number of rotatable bonds is 6. The van der Waals surface area contributed by atoms with Gasteiger partial charge in [0.1, 0.15) is 5.82 Å². The molecule has 2 N–H and O–H groups in total. The molecule has 1 heterocycles. The van der Waals surface area contributed by atoms with Gasteiger partial charge >= 0.3 is 0 Å². The molecule has 0 saturated carbocycles. The molecule has 0 radical (unpaired) electrons. The van der Waals surface area contributed by atoms with E-state index < -0.39 is 15.3 Å². The van der Waals surface area contributed by atoms with Crippen molar-refractivity contribution in [1.29, 1.82) is 5.41 Å². The van der Waals surface area contributed by atoms with Gasteiger partial charge in [0, 0.05) is 12.8 Å². The molecule has 0 saturated heterocycles. The van der Waals surface area contributed by atoms with E-state index in [-0.39, 0.29) is 18.3 Å². The molecule has 0 atom stereocenters. The monoisotopic (exact) mass is 374 g/mol. The van der Waals surface area contributed by atoms with E-state index in [9.17, 15) is 12.8 Å². The van der Waals surface area contributed by atoms with Crippen LogP contribution in [0.4, 0.5) is 10.3 Å². The maximum Gasteiger partial charge on any atom is 0.244 e. The van der Waals surface area contributed by atoms with Crippen molar-refractivity contribution in [2.45, 2.75) is 25.6 Å². The third-order valence-corrected chi connectivity index (χ3v) is 6.06. The van der Waals surface area contributed by atoms with Gasteiger partial charge in [-0.1, -0.05) is 18.2 Å². The molecular weight excluding hydrogens is 355 g/mol. The standard InChI is InChI=1S/C18H19FN4O2S/c1-12(2)26(24,25)23-17-9-13(10-20)6-7-16(17)22-18(23)21-11-14-4-3-5-15(19)8-14/h3-10,12,20H,11H2,1-2H3,(H,21,22). The summed E-state index contributed by atoms with van der Waals surface area (Å²) in [5.74, 6) is -0.191. The van der Waals surface area contributed by atoms with E-state index in [1.54, 1.807) is 44.2 Å². The summed E-state index contributed by atoms with van der Waals surface area (Å²) in [5.41, 5.74) is 2.16. The Kier molecular flexibility index (Phi) is 4.78. The first-order valence-electron chi connectivity index (χ1n) is 8.08. The highest BCUT2D eigenvalue weighted by Crippen LogP contribution is 2.25. The Bertz CT molecular complexity index is 1070. The molecule has 136 valence electrons. The second-order valence-corrected chi connectivity index (χ2v) is 8.51. The van der Waals surface area contributed by atoms with Crippen molar-refractivity contribution in [3.8, 4) is 0 Å². The molecule has 2 aromatic carbocycles. The van der Waals surface area contributed by atoms with Gasteiger partial charge in [0.25, 0.3) is 0 Å². The van der Waals surface area contributed by atoms with Crippen LogP contribution in [-0.2, 0) is 16.6 Å². The van der Waals surface area contributed by atoms with Gasteiger partial charge in [0.15, 0.2) is 0 Å². The summed E-state index contributed by atoms with van der Waals surface area (Å²) in [7, 11) is -3.69. The molecule has 0 bridgehead atoms. The van der Waals surface area contributed by atoms with Crippen LogP contribution in [0, 0.1) is 11.2 Å². The Morgan fingerprint density at radius 3 is 2.69 bits per heavy atom. The van der Waals surface area contributed by atoms with Crippen LogP contribution in [0.3, 0.4) is 0 Å². The minimum Gasteiger partial charge on any atom is -0.351 e. The van der Waals surface area contributed by atoms with Crippen molar-refractivity contribution in [2.75, 3.05) is 5.32 Å². The number of anilines is 1. The summed E-state index contributed by atoms with van der Waals surface area (Å²) in [4.78, 5) is 4.38. The molecule has 26 heavy (non-hydrogen) atoms. The van der Waals surface area contributed by atoms with Crippen molar-refractivity contribution in [2.24, 2.45) is 0 Å². The number of imidazole rings is 1. The zero-order valence-electron chi connectivity index (χ0n) is 14.4. The number of hydrogen-bond donors (Lipinski definition) is 2. The van der Waals surface area contributed by atoms with E-state index >= 15 is 0 Å². The van der Waals surface area contributed by atoms with E-state index in [2.05, 4.69) is 10.3 Å². The summed E-state index contributed by atoms with van der Waals surface area (Å²) in [6.45, 7) is 3.42. The van der Waals surface area contributed by atoms with Crippen LogP contribution in [0.1, 0.15) is 25.0 Å². The first kappa shape index (κ1) is 18.1. The molecule has 0 amide bonds. The molecular formula is C18H19FN4O2S. The maximum absolute atomic E-state index is 13.4. The third kappa shape index (κ3) is 3.32. The molecule has 0 fully saturated rings. The molecule has 8 heteroatoms. The average Bonchev–Trinajstić information content (AvgIpc) is 2.97. The van der Waals surface area contributed by atoms with Gasteiger partial charge in [-0.15, -0.1) is 0 Å². The Morgan fingerprint density at radius 1 is 1.27 bits per heavy atom. The van der Waals surface area contributed by atoms with Gasteiger partial charge in [-0.25, -0.2) is 21.8 Å². The number of nitrogens with one attached hydrogen (secondary N) is 2. The van der Waals surface area contributed by atoms with Crippen LogP contribution in [-0.4, -0.2) is 28.8 Å². The van der Waals surface area contributed by atoms with Crippen LogP contribution >= 0.6 is 0 Å². The first-order chi connectivity index (χ1) is 12.3. The van der Waals surface area contributed by atoms with Gasteiger partial charge in [-0.3, -0.25) is 0 Å². The molecule has 3 aromatic rings. The lowest BCUT2D eigenvalue weighted by Gasteiger charge is -2.14. The second kappa shape index (κ2) is 6.87. The van der Waals surface area contributed by atoms with Gasteiger partial charge in [0.2, 0.25) is 16.0 Å². The number of benzene rings is 2. The number of nitrogens with zero attached hydrogens (tertiary/aromatic N) is 2. The average molecular weight is 374 g/mol. The molecule has 1 aromatic heterocycles. The molecule has 0 aliphatic heterocycles. The highest BCUT2D eigenvalue weighted by Gasteiger charge is 2.25. The molecule has 3 rings (SSSR count). The summed E-state index contributed by atoms with van der Waals surface area (Å²) in [5, 5.41) is 9.73. The summed E-state index contributed by atoms with van der Waals surface area (Å²) < 4.78 is 40.2. The molecule has 0 unspecified atom stereocenters. The lowest BCUT2D eigenvalue weighted by molar-refractivity contribution is 0.580. The van der Waals surface area contributed by atoms with E-state index in [4.69, 9.17) is 5.41 Å². The van der Waals surface area contributed by atoms with E-state index in [0.717, 1.165) is 6.21 Å². The molecule has 6 nitrogen and oxygen atoms in total. The van der Waals surface area contributed by atoms with E-state index in [1.165, 1.54) is 16.1 Å². The van der Waals surface area contributed by atoms with Crippen LogP contribution in [0.25, 0.3) is 11.0 Å². The summed E-state index contributed by atoms with van der Waals surface area (Å²) >= 11 is 0. The zero-order chi connectivity index (χ0) is 18.9. The van der Waals surface area contributed by atoms with Crippen LogP contribution in [0.5, 0.6) is 0 Å². The molecule has 0 aliphatic carbocycles. The van der Waals surface area contributed by atoms with Gasteiger partial charge < -0.3 is 10.7 Å². The van der Waals surface area contributed by atoms with Gasteiger partial charge in [-0.2, -0.15) is 0 Å². The highest BCUT2D eigenvalue weighted by atomic mass is 32.2. The lowest BCUT2D eigenvalue weighted by atomic mass is 10.2. The smallest absolute Gasteiger partial charge is 0.244 e. The number of halogens is 1. The Labute approximate surface area is 151 Å². The van der Waals surface area contributed by atoms with Crippen LogP contribution in [0.2, 0.25) is 0 Å². The topological polar surface area (TPSA) is 87.8 Å². The van der Waals surface area contributed by atoms with Crippen LogP contribution in [0.15, 0.2) is 42.5 Å². The lowest BCUT2D eigenvalue weighted by Crippen LogP contribution is -2.24. The first-order valence-corrected chi connectivity index (χ1v) is 9.59. The van der Waals surface area contributed by atoms with E-state index in [0.29, 0.717) is 22.2 Å². The van der Waals surface area contributed by atoms with Crippen molar-refractivity contribution >= 4 is 33.2 Å². The zero-order valence-corrected chi connectivity index (χ0v) is 15.2. The maximum atomic E-state index is 13.4. The Hall–Kier alpha value is -2.74. The predicted molar refractivity (Wildman–Crippen MR) is 101 cm³/mol. The number of fused-ring (bicyclic) bond motifs is 1. The highest BCUT2D eigenvalue weighted by molar-refractivity contribution is 7.90. The van der Waals surface area contributed by atoms with Crippen molar-refractivity contribution < 1.29 is 12.8 Å². The molecule has 0 spiro atoms. The van der Waals surface area contributed by atoms with Gasteiger partial charge in [0.05, 0.1) is 16.3 Å². The van der Waals surface area contributed by atoms with Crippen LogP contribution < -0.4 is 5.32 Å². The third-order valence-electron chi connectivity index (χ3n) is 3.99. The van der Waals surface area contributed by atoms with Crippen molar-refractivity contribution in [3.63, 3.8) is 0 Å². The fourth-order valence-electron chi connectivity index (χ4n) is 2.57. The normalized spacial score (nSPS) is 11.8. The SMILES string of the molecule is CC(C)S(=O)(=O)n1c(NCc2cccc(F)c2)nc2ccc(C=N)cc21. The van der Waals surface area contributed by atoms with Crippen molar-refractivity contribution in [1.82, 2.24) is 8.96 Å². The second-order valence-electron chi connectivity index (χ2n) is 6.17. The number of aromatic nitrogens is 2. The van der Waals surface area contributed by atoms with E-state index in [1.807, 2.05) is 0 Å². The molecule has 0 aliphatic rings. The minimum absolute atomic E-state index is 0.167.